The van der Waals surface area contributed by atoms with Gasteiger partial charge in [0.15, 0.2) is 0 Å². The molecule has 1 atom stereocenters. The van der Waals surface area contributed by atoms with E-state index in [1.54, 1.807) is 13.2 Å². The maximum absolute atomic E-state index is 9.51. The number of nitrogens with two attached hydrogens (primary N) is 1. The predicted molar refractivity (Wildman–Crippen MR) is 145 cm³/mol. The summed E-state index contributed by atoms with van der Waals surface area (Å²) in [5.41, 5.74) is 6.76. The van der Waals surface area contributed by atoms with Crippen LogP contribution < -0.4 is 16.4 Å². The average molecular weight is 515 g/mol. The maximum Gasteiger partial charge on any atom is 0.126 e. The first-order valence-electron chi connectivity index (χ1n) is 12.8. The van der Waals surface area contributed by atoms with Crippen molar-refractivity contribution in [2.75, 3.05) is 44.5 Å². The Morgan fingerprint density at radius 1 is 1.28 bits per heavy atom. The molecule has 9 heteroatoms. The van der Waals surface area contributed by atoms with Gasteiger partial charge in [0.2, 0.25) is 0 Å². The number of ether oxygens (including phenoxy) is 2. The molecule has 2 aliphatic rings. The molecule has 0 spiro atoms. The molecule has 2 fully saturated rings. The fraction of sp³-hybridized carbons (Fsp3) is 0.593. The van der Waals surface area contributed by atoms with Crippen molar-refractivity contribution < 1.29 is 9.47 Å². The predicted octanol–water partition coefficient (Wildman–Crippen LogP) is 5.06. The van der Waals surface area contributed by atoms with Crippen LogP contribution in [-0.2, 0) is 9.47 Å². The van der Waals surface area contributed by atoms with Crippen molar-refractivity contribution >= 4 is 23.2 Å². The van der Waals surface area contributed by atoms with E-state index in [2.05, 4.69) is 33.6 Å². The Labute approximate surface area is 219 Å². The molecule has 1 aliphatic heterocycles. The average Bonchev–Trinajstić information content (AvgIpc) is 2.91. The molecular weight excluding hydrogens is 476 g/mol. The molecule has 0 radical (unpaired) electrons. The van der Waals surface area contributed by atoms with Gasteiger partial charge < -0.3 is 25.8 Å². The molecule has 0 bridgehead atoms. The third kappa shape index (κ3) is 8.59. The molecule has 1 saturated heterocycles. The van der Waals surface area contributed by atoms with Gasteiger partial charge in [0.1, 0.15) is 11.6 Å². The fourth-order valence-electron chi connectivity index (χ4n) is 4.65. The molecule has 8 nitrogen and oxygen atoms in total. The summed E-state index contributed by atoms with van der Waals surface area (Å²) < 4.78 is 10.4. The summed E-state index contributed by atoms with van der Waals surface area (Å²) in [6.45, 7) is 4.80. The Morgan fingerprint density at radius 2 is 2.03 bits per heavy atom. The molecular formula is C27H39ClN6O2. The number of anilines is 2. The number of hydrogen-bond donors (Lipinski definition) is 3. The van der Waals surface area contributed by atoms with Crippen LogP contribution in [0.2, 0.25) is 5.02 Å². The number of aromatic nitrogens is 2. The Balaban J connectivity index is 0.000000253. The van der Waals surface area contributed by atoms with E-state index in [9.17, 15) is 5.26 Å². The van der Waals surface area contributed by atoms with Crippen molar-refractivity contribution in [2.45, 2.75) is 64.0 Å². The van der Waals surface area contributed by atoms with Crippen LogP contribution in [0.25, 0.3) is 11.3 Å². The largest absolute Gasteiger partial charge is 0.384 e. The quantitative estimate of drug-likeness (QED) is 0.447. The van der Waals surface area contributed by atoms with Crippen LogP contribution in [0.4, 0.5) is 11.6 Å². The second-order valence-electron chi connectivity index (χ2n) is 9.71. The Kier molecular flexibility index (Phi) is 11.2. The zero-order chi connectivity index (χ0) is 25.8. The molecule has 4 N–H and O–H groups in total. The van der Waals surface area contributed by atoms with Crippen LogP contribution in [0.3, 0.4) is 0 Å². The number of nitrogens with one attached hydrogen (secondary N) is 2. The molecule has 1 unspecified atom stereocenters. The molecule has 2 aromatic rings. The third-order valence-corrected chi connectivity index (χ3v) is 7.04. The Bertz CT molecular complexity index is 986. The minimum Gasteiger partial charge on any atom is -0.384 e. The van der Waals surface area contributed by atoms with Crippen molar-refractivity contribution in [1.29, 1.82) is 5.26 Å². The molecule has 196 valence electrons. The molecule has 0 amide bonds. The van der Waals surface area contributed by atoms with Gasteiger partial charge in [-0.15, -0.1) is 0 Å². The van der Waals surface area contributed by atoms with Crippen LogP contribution in [0.5, 0.6) is 0 Å². The summed E-state index contributed by atoms with van der Waals surface area (Å²) in [6, 6.07) is 11.0. The first-order chi connectivity index (χ1) is 17.4. The van der Waals surface area contributed by atoms with E-state index in [-0.39, 0.29) is 0 Å². The molecule has 3 heterocycles. The van der Waals surface area contributed by atoms with Gasteiger partial charge in [0, 0.05) is 50.7 Å². The highest BCUT2D eigenvalue weighted by Gasteiger charge is 2.32. The van der Waals surface area contributed by atoms with Crippen molar-refractivity contribution in [3.63, 3.8) is 0 Å². The van der Waals surface area contributed by atoms with Gasteiger partial charge >= 0.3 is 0 Å². The first kappa shape index (κ1) is 28.1. The van der Waals surface area contributed by atoms with Gasteiger partial charge in [-0.25, -0.2) is 9.97 Å². The smallest absolute Gasteiger partial charge is 0.126 e. The van der Waals surface area contributed by atoms with E-state index >= 15 is 0 Å². The minimum atomic E-state index is -0.408. The molecule has 1 saturated carbocycles. The van der Waals surface area contributed by atoms with Crippen molar-refractivity contribution in [3.8, 4) is 17.3 Å². The lowest BCUT2D eigenvalue weighted by Crippen LogP contribution is -2.40. The number of pyridine rings is 2. The second kappa shape index (κ2) is 14.3. The molecule has 36 heavy (non-hydrogen) atoms. The van der Waals surface area contributed by atoms with Crippen molar-refractivity contribution in [2.24, 2.45) is 5.41 Å². The van der Waals surface area contributed by atoms with E-state index in [0.29, 0.717) is 48.2 Å². The zero-order valence-corrected chi connectivity index (χ0v) is 22.2. The standard InChI is InChI=1S/C17H18ClN5O.C10H21NO/c18-13-9-21-15(20)8-12(13)14-2-1-3-16(23-14)22-11-17(10-19)4-6-24-7-5-17;1-9(8-12-2)11-10-6-4-3-5-7-10/h1-3,8-9H,4-7,11H2,(H2,20,21)(H,22,23);9-11H,3-8H2,1-2H3. The number of nitriles is 1. The summed E-state index contributed by atoms with van der Waals surface area (Å²) in [6.07, 6.45) is 9.90. The number of nitrogens with zero attached hydrogens (tertiary/aromatic N) is 3. The number of halogens is 1. The van der Waals surface area contributed by atoms with Gasteiger partial charge in [-0.3, -0.25) is 0 Å². The summed E-state index contributed by atoms with van der Waals surface area (Å²) in [5.74, 6) is 1.08. The highest BCUT2D eigenvalue weighted by Crippen LogP contribution is 2.31. The number of methoxy groups -OCH3 is 1. The van der Waals surface area contributed by atoms with Gasteiger partial charge in [-0.1, -0.05) is 36.9 Å². The molecule has 2 aromatic heterocycles. The van der Waals surface area contributed by atoms with Crippen molar-refractivity contribution in [3.05, 3.63) is 35.5 Å². The number of hydrogen-bond acceptors (Lipinski definition) is 8. The van der Waals surface area contributed by atoms with Crippen LogP contribution >= 0.6 is 11.6 Å². The summed E-state index contributed by atoms with van der Waals surface area (Å²) in [4.78, 5) is 8.53. The monoisotopic (exact) mass is 514 g/mol. The van der Waals surface area contributed by atoms with Gasteiger partial charge in [0.05, 0.1) is 28.8 Å². The second-order valence-corrected chi connectivity index (χ2v) is 10.1. The van der Waals surface area contributed by atoms with Crippen LogP contribution in [-0.4, -0.2) is 55.5 Å². The van der Waals surface area contributed by atoms with E-state index in [1.165, 1.54) is 38.3 Å². The fourth-order valence-corrected chi connectivity index (χ4v) is 4.85. The maximum atomic E-state index is 9.51. The minimum absolute atomic E-state index is 0.389. The van der Waals surface area contributed by atoms with E-state index in [1.807, 2.05) is 18.2 Å². The number of rotatable bonds is 8. The van der Waals surface area contributed by atoms with Crippen LogP contribution in [0.1, 0.15) is 51.9 Å². The van der Waals surface area contributed by atoms with Gasteiger partial charge in [0.25, 0.3) is 0 Å². The van der Waals surface area contributed by atoms with E-state index in [0.717, 1.165) is 31.1 Å². The Hall–Kier alpha value is -2.44. The lowest BCUT2D eigenvalue weighted by Gasteiger charge is -2.30. The SMILES string of the molecule is COCC(C)NC1CCCCC1.N#CC1(CNc2cccc(-c3cc(N)ncc3Cl)n2)CCOCC1. The lowest BCUT2D eigenvalue weighted by atomic mass is 9.82. The summed E-state index contributed by atoms with van der Waals surface area (Å²) in [7, 11) is 1.76. The van der Waals surface area contributed by atoms with Crippen LogP contribution in [0, 0.1) is 16.7 Å². The highest BCUT2D eigenvalue weighted by molar-refractivity contribution is 6.33. The third-order valence-electron chi connectivity index (χ3n) is 6.74. The highest BCUT2D eigenvalue weighted by atomic mass is 35.5. The zero-order valence-electron chi connectivity index (χ0n) is 21.4. The Morgan fingerprint density at radius 3 is 2.72 bits per heavy atom. The number of nitrogen functional groups attached to an aromatic ring is 1. The topological polar surface area (TPSA) is 118 Å². The molecule has 1 aliphatic carbocycles. The van der Waals surface area contributed by atoms with Gasteiger partial charge in [-0.2, -0.15) is 5.26 Å². The van der Waals surface area contributed by atoms with Crippen LogP contribution in [0.15, 0.2) is 30.5 Å². The molecule has 4 rings (SSSR count). The summed E-state index contributed by atoms with van der Waals surface area (Å²) >= 11 is 6.19. The van der Waals surface area contributed by atoms with E-state index < -0.39 is 5.41 Å². The van der Waals surface area contributed by atoms with Gasteiger partial charge in [-0.05, 0) is 50.8 Å². The molecule has 0 aromatic carbocycles. The van der Waals surface area contributed by atoms with Crippen molar-refractivity contribution in [1.82, 2.24) is 15.3 Å². The first-order valence-corrected chi connectivity index (χ1v) is 13.2. The van der Waals surface area contributed by atoms with E-state index in [4.69, 9.17) is 26.8 Å². The summed E-state index contributed by atoms with van der Waals surface area (Å²) in [5, 5.41) is 16.9. The normalized spacial score (nSPS) is 18.4. The lowest BCUT2D eigenvalue weighted by molar-refractivity contribution is 0.0455.